The Morgan fingerprint density at radius 2 is 1.63 bits per heavy atom. The molecule has 2 rings (SSSR count). The number of nitrogens with two attached hydrogens (primary N) is 1. The Labute approximate surface area is 228 Å². The van der Waals surface area contributed by atoms with Crippen molar-refractivity contribution in [3.8, 4) is 0 Å². The highest BCUT2D eigenvalue weighted by atomic mass is 32.2. The number of para-hydroxylation sites is 1. The molecule has 3 amide bonds. The molecule has 0 radical (unpaired) electrons. The Bertz CT molecular complexity index is 1100. The van der Waals surface area contributed by atoms with Crippen molar-refractivity contribution < 1.29 is 24.3 Å². The van der Waals surface area contributed by atoms with Crippen LogP contribution in [0.25, 0.3) is 10.9 Å². The molecule has 0 aliphatic rings. The quantitative estimate of drug-likeness (QED) is 0.198. The molecule has 0 fully saturated rings. The van der Waals surface area contributed by atoms with Gasteiger partial charge in [0.1, 0.15) is 18.1 Å². The lowest BCUT2D eigenvalue weighted by atomic mass is 9.99. The van der Waals surface area contributed by atoms with E-state index in [1.807, 2.05) is 44.4 Å². The summed E-state index contributed by atoms with van der Waals surface area (Å²) in [6.45, 7) is 7.25. The summed E-state index contributed by atoms with van der Waals surface area (Å²) in [4.78, 5) is 54.3. The minimum absolute atomic E-state index is 0.0505. The number of hydrogen-bond donors (Lipinski definition) is 6. The van der Waals surface area contributed by atoms with E-state index >= 15 is 0 Å². The maximum Gasteiger partial charge on any atom is 0.326 e. The summed E-state index contributed by atoms with van der Waals surface area (Å²) in [6, 6.07) is 3.78. The standard InChI is InChI=1S/C27H41N5O5S/c1-15(2)12-22(27(36)37)31-26(35)23(16(3)4)32-25(34)21(30-24(33)19(28)10-11-38-5)13-17-14-29-20-9-7-6-8-18(17)20/h6-9,14-16,19,21-23,29H,10-13,28H2,1-5H3,(H,30,33)(H,31,35)(H,32,34)(H,36,37). The van der Waals surface area contributed by atoms with Gasteiger partial charge in [-0.1, -0.05) is 45.9 Å². The van der Waals surface area contributed by atoms with Gasteiger partial charge in [0.15, 0.2) is 0 Å². The molecule has 210 valence electrons. The number of carboxylic acids is 1. The number of amides is 3. The molecule has 2 aromatic rings. The Kier molecular flexibility index (Phi) is 12.1. The summed E-state index contributed by atoms with van der Waals surface area (Å²) in [5, 5.41) is 18.5. The molecule has 0 spiro atoms. The molecular formula is C27H41N5O5S. The van der Waals surface area contributed by atoms with E-state index in [0.29, 0.717) is 12.2 Å². The minimum atomic E-state index is -1.13. The highest BCUT2D eigenvalue weighted by molar-refractivity contribution is 7.98. The Hall–Kier alpha value is -3.05. The molecule has 0 saturated carbocycles. The van der Waals surface area contributed by atoms with Gasteiger partial charge in [0.25, 0.3) is 0 Å². The molecule has 7 N–H and O–H groups in total. The zero-order chi connectivity index (χ0) is 28.4. The van der Waals surface area contributed by atoms with Gasteiger partial charge in [-0.25, -0.2) is 4.79 Å². The summed E-state index contributed by atoms with van der Waals surface area (Å²) in [7, 11) is 0. The number of H-pyrrole nitrogens is 1. The summed E-state index contributed by atoms with van der Waals surface area (Å²) < 4.78 is 0. The number of rotatable bonds is 15. The van der Waals surface area contributed by atoms with Crippen LogP contribution in [0.5, 0.6) is 0 Å². The van der Waals surface area contributed by atoms with Gasteiger partial charge in [0, 0.05) is 23.5 Å². The molecule has 10 nitrogen and oxygen atoms in total. The fourth-order valence-electron chi connectivity index (χ4n) is 4.13. The van der Waals surface area contributed by atoms with Crippen LogP contribution in [0.1, 0.15) is 46.1 Å². The number of aromatic nitrogens is 1. The average molecular weight is 548 g/mol. The van der Waals surface area contributed by atoms with Gasteiger partial charge in [-0.2, -0.15) is 11.8 Å². The molecule has 1 aromatic carbocycles. The predicted molar refractivity (Wildman–Crippen MR) is 151 cm³/mol. The average Bonchev–Trinajstić information content (AvgIpc) is 3.26. The lowest BCUT2D eigenvalue weighted by Crippen LogP contribution is -2.59. The van der Waals surface area contributed by atoms with Gasteiger partial charge < -0.3 is 31.8 Å². The van der Waals surface area contributed by atoms with Gasteiger partial charge >= 0.3 is 5.97 Å². The third kappa shape index (κ3) is 9.05. The molecule has 0 saturated heterocycles. The number of hydrogen-bond acceptors (Lipinski definition) is 6. The molecule has 0 aliphatic heterocycles. The number of thioether (sulfide) groups is 1. The molecular weight excluding hydrogens is 506 g/mol. The zero-order valence-electron chi connectivity index (χ0n) is 22.7. The zero-order valence-corrected chi connectivity index (χ0v) is 23.6. The van der Waals surface area contributed by atoms with Gasteiger partial charge in [-0.3, -0.25) is 14.4 Å². The van der Waals surface area contributed by atoms with Crippen molar-refractivity contribution in [3.63, 3.8) is 0 Å². The van der Waals surface area contributed by atoms with E-state index in [4.69, 9.17) is 5.73 Å². The fourth-order valence-corrected chi connectivity index (χ4v) is 4.62. The van der Waals surface area contributed by atoms with Crippen molar-refractivity contribution in [1.29, 1.82) is 0 Å². The van der Waals surface area contributed by atoms with E-state index < -0.39 is 47.9 Å². The first-order valence-electron chi connectivity index (χ1n) is 12.9. The number of carbonyl (C=O) groups excluding carboxylic acids is 3. The maximum absolute atomic E-state index is 13.5. The normalized spacial score (nSPS) is 14.6. The highest BCUT2D eigenvalue weighted by Crippen LogP contribution is 2.19. The SMILES string of the molecule is CSCCC(N)C(=O)NC(Cc1c[nH]c2ccccc12)C(=O)NC(C(=O)NC(CC(C)C)C(=O)O)C(C)C. The highest BCUT2D eigenvalue weighted by Gasteiger charge is 2.32. The van der Waals surface area contributed by atoms with E-state index in [-0.39, 0.29) is 24.7 Å². The van der Waals surface area contributed by atoms with Crippen LogP contribution in [0.4, 0.5) is 0 Å². The van der Waals surface area contributed by atoms with E-state index in [1.165, 1.54) is 0 Å². The fraction of sp³-hybridized carbons (Fsp3) is 0.556. The summed E-state index contributed by atoms with van der Waals surface area (Å²) >= 11 is 1.57. The van der Waals surface area contributed by atoms with Crippen molar-refractivity contribution in [2.45, 2.75) is 71.1 Å². The maximum atomic E-state index is 13.5. The molecule has 11 heteroatoms. The van der Waals surface area contributed by atoms with Crippen LogP contribution in [-0.4, -0.2) is 70.0 Å². The van der Waals surface area contributed by atoms with E-state index in [1.54, 1.807) is 31.8 Å². The van der Waals surface area contributed by atoms with Gasteiger partial charge in [0.2, 0.25) is 17.7 Å². The molecule has 4 unspecified atom stereocenters. The number of nitrogens with one attached hydrogen (secondary N) is 4. The molecule has 4 atom stereocenters. The Balaban J connectivity index is 2.26. The van der Waals surface area contributed by atoms with E-state index in [0.717, 1.165) is 16.5 Å². The van der Waals surface area contributed by atoms with Gasteiger partial charge in [-0.05, 0) is 48.3 Å². The van der Waals surface area contributed by atoms with Crippen molar-refractivity contribution in [2.75, 3.05) is 12.0 Å². The van der Waals surface area contributed by atoms with Crippen LogP contribution >= 0.6 is 11.8 Å². The van der Waals surface area contributed by atoms with Crippen molar-refractivity contribution in [3.05, 3.63) is 36.0 Å². The van der Waals surface area contributed by atoms with E-state index in [9.17, 15) is 24.3 Å². The van der Waals surface area contributed by atoms with Crippen LogP contribution < -0.4 is 21.7 Å². The molecule has 0 bridgehead atoms. The minimum Gasteiger partial charge on any atom is -0.480 e. The molecule has 1 heterocycles. The number of fused-ring (bicyclic) bond motifs is 1. The summed E-state index contributed by atoms with van der Waals surface area (Å²) in [5.74, 6) is -2.31. The molecule has 0 aliphatic carbocycles. The number of benzene rings is 1. The van der Waals surface area contributed by atoms with Gasteiger partial charge in [-0.15, -0.1) is 0 Å². The first-order valence-corrected chi connectivity index (χ1v) is 14.3. The Morgan fingerprint density at radius 3 is 2.24 bits per heavy atom. The lowest BCUT2D eigenvalue weighted by Gasteiger charge is -2.27. The lowest BCUT2D eigenvalue weighted by molar-refractivity contribution is -0.143. The largest absolute Gasteiger partial charge is 0.480 e. The van der Waals surface area contributed by atoms with Crippen molar-refractivity contribution >= 4 is 46.4 Å². The van der Waals surface area contributed by atoms with Crippen LogP contribution in [0, 0.1) is 11.8 Å². The number of aliphatic carboxylic acids is 1. The van der Waals surface area contributed by atoms with Crippen LogP contribution in [0.15, 0.2) is 30.5 Å². The smallest absolute Gasteiger partial charge is 0.326 e. The number of carboxylic acid groups (broad SMARTS) is 1. The van der Waals surface area contributed by atoms with Crippen LogP contribution in [0.2, 0.25) is 0 Å². The molecule has 1 aromatic heterocycles. The Morgan fingerprint density at radius 1 is 0.974 bits per heavy atom. The van der Waals surface area contributed by atoms with Crippen LogP contribution in [0.3, 0.4) is 0 Å². The monoisotopic (exact) mass is 547 g/mol. The third-order valence-corrected chi connectivity index (χ3v) is 6.91. The third-order valence-electron chi connectivity index (χ3n) is 6.27. The molecule has 38 heavy (non-hydrogen) atoms. The van der Waals surface area contributed by atoms with Gasteiger partial charge in [0.05, 0.1) is 6.04 Å². The summed E-state index contributed by atoms with van der Waals surface area (Å²) in [6.07, 6.45) is 4.60. The second-order valence-corrected chi connectivity index (χ2v) is 11.3. The number of carbonyl (C=O) groups is 4. The second-order valence-electron chi connectivity index (χ2n) is 10.3. The predicted octanol–water partition coefficient (Wildman–Crippen LogP) is 2.03. The first-order chi connectivity index (χ1) is 17.9. The number of aromatic amines is 1. The van der Waals surface area contributed by atoms with Crippen molar-refractivity contribution in [2.24, 2.45) is 17.6 Å². The summed E-state index contributed by atoms with van der Waals surface area (Å²) in [5.41, 5.74) is 7.78. The van der Waals surface area contributed by atoms with E-state index in [2.05, 4.69) is 20.9 Å². The van der Waals surface area contributed by atoms with Crippen LogP contribution in [-0.2, 0) is 25.6 Å². The van der Waals surface area contributed by atoms with Crippen molar-refractivity contribution in [1.82, 2.24) is 20.9 Å². The topological polar surface area (TPSA) is 166 Å². The second kappa shape index (κ2) is 14.8. The first kappa shape index (κ1) is 31.2.